The van der Waals surface area contributed by atoms with Gasteiger partial charge in [0.25, 0.3) is 11.6 Å². The quantitative estimate of drug-likeness (QED) is 0.112. The van der Waals surface area contributed by atoms with Gasteiger partial charge in [0, 0.05) is 34.3 Å². The van der Waals surface area contributed by atoms with Gasteiger partial charge in [-0.3, -0.25) is 14.9 Å². The van der Waals surface area contributed by atoms with Crippen LogP contribution >= 0.6 is 11.3 Å². The second-order valence-corrected chi connectivity index (χ2v) is 9.44. The van der Waals surface area contributed by atoms with Crippen molar-refractivity contribution in [3.8, 4) is 17.0 Å². The summed E-state index contributed by atoms with van der Waals surface area (Å²) in [4.78, 5) is 27.5. The zero-order valence-corrected chi connectivity index (χ0v) is 21.9. The van der Waals surface area contributed by atoms with Crippen molar-refractivity contribution in [1.82, 2.24) is 10.4 Å². The van der Waals surface area contributed by atoms with Crippen LogP contribution in [0.4, 0.5) is 16.5 Å². The van der Waals surface area contributed by atoms with Gasteiger partial charge >= 0.3 is 0 Å². The van der Waals surface area contributed by atoms with E-state index in [0.29, 0.717) is 11.3 Å². The standard InChI is InChI=1S/C30H23N5O4S/c36-29(24-12-10-23(11-13-24)28-20-40-30(33-28)32-25-4-2-1-3-5-25)34-31-18-21-8-16-27(17-9-21)39-19-22-6-14-26(15-7-22)35(37)38/h1-18,20H,19H2,(H,32,33)(H,34,36)/b31-18-. The molecule has 0 aliphatic rings. The van der Waals surface area contributed by atoms with E-state index in [4.69, 9.17) is 4.74 Å². The zero-order chi connectivity index (χ0) is 27.7. The molecule has 10 heteroatoms. The Balaban J connectivity index is 1.10. The van der Waals surface area contributed by atoms with Gasteiger partial charge in [0.1, 0.15) is 12.4 Å². The van der Waals surface area contributed by atoms with Gasteiger partial charge in [0.05, 0.1) is 16.8 Å². The molecule has 9 nitrogen and oxygen atoms in total. The third-order valence-electron chi connectivity index (χ3n) is 5.78. The molecule has 1 heterocycles. The number of nitrogens with zero attached hydrogens (tertiary/aromatic N) is 3. The molecule has 0 aliphatic carbocycles. The number of nitro benzene ring substituents is 1. The fraction of sp³-hybridized carbons (Fsp3) is 0.0333. The van der Waals surface area contributed by atoms with Gasteiger partial charge in [-0.15, -0.1) is 11.3 Å². The molecule has 1 aromatic heterocycles. The van der Waals surface area contributed by atoms with Gasteiger partial charge in [-0.05, 0) is 71.8 Å². The minimum absolute atomic E-state index is 0.0400. The predicted octanol–water partition coefficient (Wildman–Crippen LogP) is 6.80. The number of benzene rings is 4. The van der Waals surface area contributed by atoms with Gasteiger partial charge in [-0.25, -0.2) is 10.4 Å². The Bertz CT molecular complexity index is 1620. The van der Waals surface area contributed by atoms with E-state index < -0.39 is 4.92 Å². The molecule has 4 aromatic carbocycles. The largest absolute Gasteiger partial charge is 0.489 e. The lowest BCUT2D eigenvalue weighted by atomic mass is 10.1. The van der Waals surface area contributed by atoms with Crippen molar-refractivity contribution in [2.24, 2.45) is 5.10 Å². The van der Waals surface area contributed by atoms with Crippen LogP contribution in [-0.2, 0) is 6.61 Å². The SMILES string of the molecule is O=C(N/N=C\c1ccc(OCc2ccc([N+](=O)[O-])cc2)cc1)c1ccc(-c2csc(Nc3ccccc3)n2)cc1. The lowest BCUT2D eigenvalue weighted by Crippen LogP contribution is -2.17. The van der Waals surface area contributed by atoms with E-state index in [9.17, 15) is 14.9 Å². The summed E-state index contributed by atoms with van der Waals surface area (Å²) in [6.45, 7) is 0.286. The number of carbonyl (C=O) groups is 1. The number of nitrogens with one attached hydrogen (secondary N) is 2. The third kappa shape index (κ3) is 6.94. The molecule has 198 valence electrons. The molecule has 0 unspecified atom stereocenters. The molecule has 0 atom stereocenters. The maximum absolute atomic E-state index is 12.5. The first kappa shape index (κ1) is 26.3. The Morgan fingerprint density at radius 1 is 0.950 bits per heavy atom. The predicted molar refractivity (Wildman–Crippen MR) is 156 cm³/mol. The van der Waals surface area contributed by atoms with Crippen LogP contribution in [0.3, 0.4) is 0 Å². The number of aromatic nitrogens is 1. The van der Waals surface area contributed by atoms with Gasteiger partial charge in [0.2, 0.25) is 0 Å². The summed E-state index contributed by atoms with van der Waals surface area (Å²) in [5.74, 6) is 0.318. The van der Waals surface area contributed by atoms with Crippen LogP contribution in [0.15, 0.2) is 114 Å². The second kappa shape index (κ2) is 12.5. The van der Waals surface area contributed by atoms with Gasteiger partial charge < -0.3 is 10.1 Å². The monoisotopic (exact) mass is 549 g/mol. The van der Waals surface area contributed by atoms with Crippen LogP contribution in [0.2, 0.25) is 0 Å². The molecule has 5 rings (SSSR count). The molecule has 0 saturated heterocycles. The average molecular weight is 550 g/mol. The Kier molecular flexibility index (Phi) is 8.18. The number of para-hydroxylation sites is 1. The molecule has 2 N–H and O–H groups in total. The molecule has 0 radical (unpaired) electrons. The van der Waals surface area contributed by atoms with Crippen LogP contribution < -0.4 is 15.5 Å². The molecule has 0 saturated carbocycles. The van der Waals surface area contributed by atoms with Crippen molar-refractivity contribution in [3.63, 3.8) is 0 Å². The Hall–Kier alpha value is -5.35. The number of hydrogen-bond acceptors (Lipinski definition) is 8. The van der Waals surface area contributed by atoms with Gasteiger partial charge in [-0.1, -0.05) is 30.3 Å². The molecular formula is C30H23N5O4S. The van der Waals surface area contributed by atoms with Gasteiger partial charge in [-0.2, -0.15) is 5.10 Å². The van der Waals surface area contributed by atoms with E-state index in [1.165, 1.54) is 23.5 Å². The van der Waals surface area contributed by atoms with E-state index in [2.05, 4.69) is 20.8 Å². The summed E-state index contributed by atoms with van der Waals surface area (Å²) in [6, 6.07) is 30.4. The number of anilines is 2. The molecular weight excluding hydrogens is 526 g/mol. The number of amides is 1. The fourth-order valence-corrected chi connectivity index (χ4v) is 4.40. The summed E-state index contributed by atoms with van der Waals surface area (Å²) in [7, 11) is 0. The first-order valence-corrected chi connectivity index (χ1v) is 13.1. The second-order valence-electron chi connectivity index (χ2n) is 8.59. The van der Waals surface area contributed by atoms with Crippen molar-refractivity contribution >= 4 is 40.0 Å². The van der Waals surface area contributed by atoms with Crippen LogP contribution in [-0.4, -0.2) is 22.0 Å². The van der Waals surface area contributed by atoms with Crippen LogP contribution in [0, 0.1) is 10.1 Å². The van der Waals surface area contributed by atoms with Gasteiger partial charge in [0.15, 0.2) is 5.13 Å². The highest BCUT2D eigenvalue weighted by Gasteiger charge is 2.08. The Morgan fingerprint density at radius 3 is 2.38 bits per heavy atom. The highest BCUT2D eigenvalue weighted by molar-refractivity contribution is 7.14. The summed E-state index contributed by atoms with van der Waals surface area (Å²) in [5, 5.41) is 20.8. The summed E-state index contributed by atoms with van der Waals surface area (Å²) >= 11 is 1.51. The van der Waals surface area contributed by atoms with Crippen molar-refractivity contribution < 1.29 is 14.5 Å². The topological polar surface area (TPSA) is 119 Å². The number of hydrazone groups is 1. The lowest BCUT2D eigenvalue weighted by molar-refractivity contribution is -0.384. The number of rotatable bonds is 10. The van der Waals surface area contributed by atoms with Crippen LogP contribution in [0.1, 0.15) is 21.5 Å². The maximum Gasteiger partial charge on any atom is 0.271 e. The minimum atomic E-state index is -0.437. The number of ether oxygens (including phenoxy) is 1. The Morgan fingerprint density at radius 2 is 1.68 bits per heavy atom. The zero-order valence-electron chi connectivity index (χ0n) is 21.1. The van der Waals surface area contributed by atoms with Crippen molar-refractivity contribution in [1.29, 1.82) is 0 Å². The summed E-state index contributed by atoms with van der Waals surface area (Å²) < 4.78 is 5.73. The molecule has 0 spiro atoms. The lowest BCUT2D eigenvalue weighted by Gasteiger charge is -2.06. The molecule has 0 fully saturated rings. The van der Waals surface area contributed by atoms with Crippen LogP contribution in [0.5, 0.6) is 5.75 Å². The van der Waals surface area contributed by atoms with Crippen LogP contribution in [0.25, 0.3) is 11.3 Å². The van der Waals surface area contributed by atoms with E-state index in [1.807, 2.05) is 60.0 Å². The fourth-order valence-electron chi connectivity index (χ4n) is 3.66. The van der Waals surface area contributed by atoms with E-state index in [-0.39, 0.29) is 18.2 Å². The highest BCUT2D eigenvalue weighted by atomic mass is 32.1. The van der Waals surface area contributed by atoms with Crippen molar-refractivity contribution in [2.45, 2.75) is 6.61 Å². The maximum atomic E-state index is 12.5. The molecule has 0 bridgehead atoms. The summed E-state index contributed by atoms with van der Waals surface area (Å²) in [5.41, 5.74) is 7.37. The summed E-state index contributed by atoms with van der Waals surface area (Å²) in [6.07, 6.45) is 1.54. The minimum Gasteiger partial charge on any atom is -0.489 e. The van der Waals surface area contributed by atoms with Crippen molar-refractivity contribution in [3.05, 3.63) is 135 Å². The molecule has 0 aliphatic heterocycles. The normalized spacial score (nSPS) is 10.8. The number of thiazole rings is 1. The number of carbonyl (C=O) groups excluding carboxylic acids is 1. The first-order chi connectivity index (χ1) is 19.5. The van der Waals surface area contributed by atoms with Crippen molar-refractivity contribution in [2.75, 3.05) is 5.32 Å². The van der Waals surface area contributed by atoms with E-state index in [0.717, 1.165) is 33.2 Å². The molecule has 5 aromatic rings. The Labute approximate surface area is 234 Å². The van der Waals surface area contributed by atoms with E-state index in [1.54, 1.807) is 42.6 Å². The highest BCUT2D eigenvalue weighted by Crippen LogP contribution is 2.27. The smallest absolute Gasteiger partial charge is 0.271 e. The number of hydrogen-bond donors (Lipinski definition) is 2. The molecule has 1 amide bonds. The third-order valence-corrected chi connectivity index (χ3v) is 6.54. The van der Waals surface area contributed by atoms with E-state index >= 15 is 0 Å². The molecule has 40 heavy (non-hydrogen) atoms. The first-order valence-electron chi connectivity index (χ1n) is 12.2. The number of nitro groups is 1. The number of non-ortho nitro benzene ring substituents is 1. The average Bonchev–Trinajstić information content (AvgIpc) is 3.46.